The van der Waals surface area contributed by atoms with E-state index >= 15 is 4.79 Å². The molecule has 6 aliphatic rings. The Balaban J connectivity index is 1.21. The molecule has 0 saturated heterocycles. The molecule has 0 unspecified atom stereocenters. The topological polar surface area (TPSA) is 154 Å². The van der Waals surface area contributed by atoms with Gasteiger partial charge in [-0.2, -0.15) is 0 Å². The number of hydrogen-bond donors (Lipinski definition) is 6. The average molecular weight is 935 g/mol. The number of methoxy groups -OCH3 is 1. The van der Waals surface area contributed by atoms with Crippen molar-refractivity contribution >= 4 is 17.4 Å². The molecule has 372 valence electrons. The van der Waals surface area contributed by atoms with Gasteiger partial charge in [-0.15, -0.1) is 0 Å². The summed E-state index contributed by atoms with van der Waals surface area (Å²) in [5.74, 6) is 7.37. The maximum absolute atomic E-state index is 15.5. The van der Waals surface area contributed by atoms with Gasteiger partial charge >= 0.3 is 0 Å². The molecule has 68 heavy (non-hydrogen) atoms. The zero-order chi connectivity index (χ0) is 47.9. The van der Waals surface area contributed by atoms with E-state index in [2.05, 4.69) is 65.0 Å². The molecule has 5 fully saturated rings. The summed E-state index contributed by atoms with van der Waals surface area (Å²) in [5, 5.41) is 44.0. The van der Waals surface area contributed by atoms with Crippen LogP contribution in [0, 0.1) is 58.8 Å². The van der Waals surface area contributed by atoms with Crippen molar-refractivity contribution in [1.29, 1.82) is 0 Å². The van der Waals surface area contributed by atoms with Crippen LogP contribution in [0.4, 0.5) is 5.69 Å². The molecule has 11 atom stereocenters. The molecule has 11 nitrogen and oxygen atoms in total. The molecule has 8 rings (SSSR count). The summed E-state index contributed by atoms with van der Waals surface area (Å²) in [4.78, 5) is 20.1. The highest BCUT2D eigenvalue weighted by Gasteiger charge is 2.58. The van der Waals surface area contributed by atoms with E-state index in [0.717, 1.165) is 101 Å². The molecule has 5 saturated carbocycles. The molecule has 1 aliphatic heterocycles. The van der Waals surface area contributed by atoms with Crippen LogP contribution in [0.3, 0.4) is 0 Å². The second-order valence-corrected chi connectivity index (χ2v) is 21.8. The monoisotopic (exact) mass is 935 g/mol. The Morgan fingerprint density at radius 2 is 1.79 bits per heavy atom. The number of allylic oxidation sites excluding steroid dienone is 2. The lowest BCUT2D eigenvalue weighted by Gasteiger charge is -2.55. The van der Waals surface area contributed by atoms with Gasteiger partial charge in [-0.05, 0) is 167 Å². The first-order valence-electron chi connectivity index (χ1n) is 26.6. The molecule has 2 aromatic rings. The lowest BCUT2D eigenvalue weighted by atomic mass is 9.48. The number of phenolic OH excluding ortho intramolecular Hbond substituents is 2. The van der Waals surface area contributed by atoms with Crippen LogP contribution in [0.5, 0.6) is 23.0 Å². The second-order valence-electron chi connectivity index (χ2n) is 21.8. The minimum atomic E-state index is -0.814. The number of rotatable bonds is 16. The molecule has 11 heteroatoms. The van der Waals surface area contributed by atoms with E-state index < -0.39 is 17.3 Å². The van der Waals surface area contributed by atoms with Crippen molar-refractivity contribution < 1.29 is 34.3 Å². The number of aliphatic imine (C=N–C) groups is 1. The van der Waals surface area contributed by atoms with Crippen LogP contribution in [-0.4, -0.2) is 73.3 Å². The summed E-state index contributed by atoms with van der Waals surface area (Å²) in [6, 6.07) is 13.0. The van der Waals surface area contributed by atoms with Crippen LogP contribution >= 0.6 is 0 Å². The standard InChI is InChI=1S/C57H82N4O7/c1-6-8-9-10-28-67-52(64)31-40-23-26-55(35-40,37-58-3)68-50-34-44-33-47(53(50)65)61-54(59-4)60-27-13-16-42-14-11-24-56(42,36-39-18-21-48(62)49(30-39)66-5)51(63)22-20-46-45-29-38(7-2)17-19-41(45)32-43-15-12-25-57(43,44)46/h18,20-22,30,33-34,38,40-43,45-46,52,58,62,64-65H,6-12,14-17,19,23-26,28-29,31-32,35-37H2,1-5H3,(H2,59,60,61)/b22-20+/t38-,40+,41+,42+,43-,45+,46-,52-,55+,56-,57-/m0/s1. The highest BCUT2D eigenvalue weighted by molar-refractivity contribution is 5.97. The van der Waals surface area contributed by atoms with E-state index in [9.17, 15) is 15.3 Å². The summed E-state index contributed by atoms with van der Waals surface area (Å²) in [5.41, 5.74) is 1.08. The van der Waals surface area contributed by atoms with Gasteiger partial charge in [0.05, 0.1) is 12.8 Å². The first kappa shape index (κ1) is 50.2. The number of carbonyl (C=O) groups excluding carboxylic acids is 1. The predicted molar refractivity (Wildman–Crippen MR) is 270 cm³/mol. The lowest BCUT2D eigenvalue weighted by molar-refractivity contribution is -0.125. The van der Waals surface area contributed by atoms with Crippen molar-refractivity contribution in [1.82, 2.24) is 10.6 Å². The summed E-state index contributed by atoms with van der Waals surface area (Å²) in [6.07, 6.45) is 23.8. The number of fused-ring (bicyclic) bond motifs is 5. The minimum Gasteiger partial charge on any atom is -0.504 e. The highest BCUT2D eigenvalue weighted by Crippen LogP contribution is 2.64. The molecule has 0 radical (unpaired) electrons. The molecule has 5 aliphatic carbocycles. The van der Waals surface area contributed by atoms with Gasteiger partial charge in [-0.25, -0.2) is 0 Å². The number of likely N-dealkylation sites (N-methyl/N-ethyl adjacent to an activating group) is 1. The molecule has 6 N–H and O–H groups in total. The average Bonchev–Trinajstić information content (AvgIpc) is 4.07. The van der Waals surface area contributed by atoms with Gasteiger partial charge < -0.3 is 40.2 Å². The molecule has 1 heterocycles. The third kappa shape index (κ3) is 10.4. The van der Waals surface area contributed by atoms with Gasteiger partial charge in [-0.3, -0.25) is 15.1 Å². The first-order chi connectivity index (χ1) is 33.0. The van der Waals surface area contributed by atoms with Gasteiger partial charge in [0.25, 0.3) is 0 Å². The number of aliphatic hydroxyl groups is 1. The van der Waals surface area contributed by atoms with Crippen LogP contribution in [0.15, 0.2) is 47.5 Å². The smallest absolute Gasteiger partial charge is 0.207 e. The molecule has 0 aromatic heterocycles. The van der Waals surface area contributed by atoms with Crippen LogP contribution in [0.1, 0.15) is 153 Å². The number of benzene rings is 2. The van der Waals surface area contributed by atoms with Crippen molar-refractivity contribution in [2.24, 2.45) is 51.8 Å². The number of aliphatic hydroxyl groups excluding tert-OH is 1. The molecule has 1 spiro atoms. The Hall–Kier alpha value is -4.24. The number of carbonyl (C=O) groups is 1. The van der Waals surface area contributed by atoms with Crippen LogP contribution in [0.25, 0.3) is 0 Å². The van der Waals surface area contributed by atoms with Gasteiger partial charge in [0.15, 0.2) is 35.1 Å². The number of guanidine groups is 1. The SMILES string of the molecule is CCCCCCO[C@H](O)C[C@H]1CC[C@@](CNC)(Oc2cc3cc(c2O)NC(=NC)NC#CC[C@H]2CCC[C@@]2(Cc2ccc(O)c(OC)c2)C(=O)/C=C/[C@H]2[C@@H]4C[C@@H](CC)CC[C@@H]4C[C@@H]4CCC[C@@]342)C1. The third-order valence-corrected chi connectivity index (χ3v) is 18.0. The van der Waals surface area contributed by atoms with Crippen LogP contribution < -0.4 is 25.4 Å². The quantitative estimate of drug-likeness (QED) is 0.0415. The molecule has 2 aromatic carbocycles. The lowest BCUT2D eigenvalue weighted by Crippen LogP contribution is -2.51. The number of nitrogens with one attached hydrogen (secondary N) is 3. The van der Waals surface area contributed by atoms with Gasteiger partial charge in [0.2, 0.25) is 5.96 Å². The maximum atomic E-state index is 15.5. The number of unbranched alkanes of at least 4 members (excludes halogenated alkanes) is 3. The van der Waals surface area contributed by atoms with Gasteiger partial charge in [0.1, 0.15) is 5.60 Å². The number of nitrogens with zero attached hydrogens (tertiary/aromatic N) is 1. The summed E-state index contributed by atoms with van der Waals surface area (Å²) in [6.45, 7) is 5.69. The number of aromatic hydroxyl groups is 2. The normalized spacial score (nSPS) is 33.8. The molecular weight excluding hydrogens is 853 g/mol. The van der Waals surface area contributed by atoms with E-state index in [-0.39, 0.29) is 40.5 Å². The number of ketones is 1. The van der Waals surface area contributed by atoms with Crippen molar-refractivity contribution in [3.05, 3.63) is 53.6 Å². The van der Waals surface area contributed by atoms with E-state index in [1.54, 1.807) is 20.2 Å². The first-order valence-corrected chi connectivity index (χ1v) is 26.6. The summed E-state index contributed by atoms with van der Waals surface area (Å²) in [7, 11) is 5.23. The van der Waals surface area contributed by atoms with Gasteiger partial charge in [-0.1, -0.05) is 76.9 Å². The maximum Gasteiger partial charge on any atom is 0.207 e. The number of ether oxygens (including phenoxy) is 3. The minimum absolute atomic E-state index is 0.0333. The third-order valence-electron chi connectivity index (χ3n) is 18.0. The number of anilines is 1. The van der Waals surface area contributed by atoms with E-state index in [1.165, 1.54) is 25.7 Å². The van der Waals surface area contributed by atoms with Crippen molar-refractivity contribution in [3.63, 3.8) is 0 Å². The van der Waals surface area contributed by atoms with E-state index in [1.807, 2.05) is 25.3 Å². The largest absolute Gasteiger partial charge is 0.504 e. The highest BCUT2D eigenvalue weighted by atomic mass is 16.6. The zero-order valence-corrected chi connectivity index (χ0v) is 41.8. The fraction of sp³-hybridized carbons (Fsp3) is 0.684. The Morgan fingerprint density at radius 3 is 2.59 bits per heavy atom. The fourth-order valence-corrected chi connectivity index (χ4v) is 14.5. The summed E-state index contributed by atoms with van der Waals surface area (Å²) >= 11 is 0. The Kier molecular flexibility index (Phi) is 16.4. The number of hydrogen-bond acceptors (Lipinski definition) is 9. The second kappa shape index (κ2) is 22.2. The van der Waals surface area contributed by atoms with Crippen LogP contribution in [0.2, 0.25) is 0 Å². The Morgan fingerprint density at radius 1 is 0.956 bits per heavy atom. The van der Waals surface area contributed by atoms with Crippen molar-refractivity contribution in [2.75, 3.05) is 39.7 Å². The molecule has 0 amide bonds. The molecular formula is C57H82N4O7. The van der Waals surface area contributed by atoms with Crippen molar-refractivity contribution in [2.45, 2.75) is 166 Å². The Bertz CT molecular complexity index is 2180. The zero-order valence-electron chi connectivity index (χ0n) is 41.8. The predicted octanol–water partition coefficient (Wildman–Crippen LogP) is 10.6. The molecule has 2 bridgehead atoms. The van der Waals surface area contributed by atoms with E-state index in [0.29, 0.717) is 79.2 Å². The fourth-order valence-electron chi connectivity index (χ4n) is 14.5. The van der Waals surface area contributed by atoms with E-state index in [4.69, 9.17) is 14.2 Å². The van der Waals surface area contributed by atoms with Gasteiger partial charge in [0, 0.05) is 49.9 Å². The Labute approximate surface area is 407 Å². The van der Waals surface area contributed by atoms with Crippen molar-refractivity contribution in [3.8, 4) is 35.0 Å². The number of phenols is 2. The van der Waals surface area contributed by atoms with Crippen LogP contribution in [-0.2, 0) is 21.4 Å². The summed E-state index contributed by atoms with van der Waals surface area (Å²) < 4.78 is 18.7.